The largest absolute Gasteiger partial charge is 0.465 e. The standard InChI is InChI=1S/C25H24N6O3S/c1-14-12-27-22-21-16-3-4-17(29-18(16)5-6-19(21)35-23(22)24(32)28-14)15-2-7-20(26-13-15)30-8-10-31(11-9-30)25(33)34/h2-7,13-14,27H,8-12H2,1H3,(H,28,32)(H,33,34)/t14-/m1/s1. The van der Waals surface area contributed by atoms with Gasteiger partial charge in [-0.2, -0.15) is 0 Å². The van der Waals surface area contributed by atoms with Crippen LogP contribution < -0.4 is 15.5 Å². The second-order valence-electron chi connectivity index (χ2n) is 8.93. The fourth-order valence-electron chi connectivity index (χ4n) is 4.74. The maximum atomic E-state index is 12.7. The number of hydrogen-bond donors (Lipinski definition) is 3. The number of carboxylic acid groups (broad SMARTS) is 1. The molecule has 10 heteroatoms. The molecule has 1 aromatic carbocycles. The minimum atomic E-state index is -0.875. The van der Waals surface area contributed by atoms with Crippen LogP contribution in [-0.2, 0) is 0 Å². The molecule has 0 radical (unpaired) electrons. The number of carbonyl (C=O) groups excluding carboxylic acids is 1. The monoisotopic (exact) mass is 488 g/mol. The van der Waals surface area contributed by atoms with Gasteiger partial charge in [0.1, 0.15) is 10.7 Å². The summed E-state index contributed by atoms with van der Waals surface area (Å²) < 4.78 is 1.06. The molecule has 3 aromatic heterocycles. The highest BCUT2D eigenvalue weighted by Crippen LogP contribution is 2.41. The second kappa shape index (κ2) is 8.38. The number of piperazine rings is 1. The Bertz CT molecular complexity index is 1460. The number of amides is 2. The summed E-state index contributed by atoms with van der Waals surface area (Å²) in [4.78, 5) is 37.5. The van der Waals surface area contributed by atoms with E-state index < -0.39 is 6.09 Å². The summed E-state index contributed by atoms with van der Waals surface area (Å²) in [5.41, 5.74) is 3.49. The van der Waals surface area contributed by atoms with E-state index in [0.29, 0.717) is 37.6 Å². The van der Waals surface area contributed by atoms with Crippen molar-refractivity contribution in [2.75, 3.05) is 42.9 Å². The highest BCUT2D eigenvalue weighted by molar-refractivity contribution is 7.21. The van der Waals surface area contributed by atoms with Crippen LogP contribution in [0.1, 0.15) is 16.6 Å². The molecule has 4 aromatic rings. The van der Waals surface area contributed by atoms with E-state index in [1.54, 1.807) is 0 Å². The smallest absolute Gasteiger partial charge is 0.407 e. The summed E-state index contributed by atoms with van der Waals surface area (Å²) in [7, 11) is 0. The second-order valence-corrected chi connectivity index (χ2v) is 9.98. The van der Waals surface area contributed by atoms with Crippen molar-refractivity contribution in [3.63, 3.8) is 0 Å². The van der Waals surface area contributed by atoms with E-state index in [9.17, 15) is 9.59 Å². The van der Waals surface area contributed by atoms with Crippen LogP contribution in [-0.4, -0.2) is 70.7 Å². The number of pyridine rings is 2. The van der Waals surface area contributed by atoms with Gasteiger partial charge in [-0.1, -0.05) is 0 Å². The molecule has 0 spiro atoms. The first-order valence-electron chi connectivity index (χ1n) is 11.6. The van der Waals surface area contributed by atoms with Crippen LogP contribution in [0.15, 0.2) is 42.6 Å². The molecule has 178 valence electrons. The Kier molecular flexibility index (Phi) is 5.18. The molecule has 6 rings (SSSR count). The molecule has 0 bridgehead atoms. The van der Waals surface area contributed by atoms with Gasteiger partial charge in [0.05, 0.1) is 16.9 Å². The molecule has 9 nitrogen and oxygen atoms in total. The van der Waals surface area contributed by atoms with Gasteiger partial charge >= 0.3 is 6.09 Å². The average Bonchev–Trinajstić information content (AvgIpc) is 3.20. The predicted molar refractivity (Wildman–Crippen MR) is 138 cm³/mol. The maximum Gasteiger partial charge on any atom is 0.407 e. The third kappa shape index (κ3) is 3.79. The molecular formula is C25H24N6O3S. The van der Waals surface area contributed by atoms with Gasteiger partial charge in [0.15, 0.2) is 0 Å². The normalized spacial score (nSPS) is 18.2. The Morgan fingerprint density at radius 2 is 1.94 bits per heavy atom. The molecule has 2 aliphatic rings. The SMILES string of the molecule is C[C@@H]1CNc2c(sc3ccc4nc(-c5ccc(N6CCN(C(=O)O)CC6)nc5)ccc4c23)C(=O)N1. The van der Waals surface area contributed by atoms with Crippen LogP contribution in [0.4, 0.5) is 16.3 Å². The zero-order chi connectivity index (χ0) is 24.1. The molecule has 1 fully saturated rings. The van der Waals surface area contributed by atoms with Gasteiger partial charge in [-0.25, -0.2) is 14.8 Å². The molecule has 0 saturated carbocycles. The molecule has 5 heterocycles. The van der Waals surface area contributed by atoms with Gasteiger partial charge in [-0.05, 0) is 43.3 Å². The van der Waals surface area contributed by atoms with Gasteiger partial charge in [0.25, 0.3) is 5.91 Å². The molecule has 2 amide bonds. The van der Waals surface area contributed by atoms with Crippen LogP contribution in [0.2, 0.25) is 0 Å². The number of benzene rings is 1. The summed E-state index contributed by atoms with van der Waals surface area (Å²) in [5, 5.41) is 17.7. The number of aromatic nitrogens is 2. The lowest BCUT2D eigenvalue weighted by atomic mass is 10.1. The van der Waals surface area contributed by atoms with E-state index in [4.69, 9.17) is 10.1 Å². The van der Waals surface area contributed by atoms with Gasteiger partial charge in [-0.3, -0.25) is 4.79 Å². The zero-order valence-electron chi connectivity index (χ0n) is 19.1. The van der Waals surface area contributed by atoms with Crippen molar-refractivity contribution in [2.45, 2.75) is 13.0 Å². The highest BCUT2D eigenvalue weighted by Gasteiger charge is 2.25. The Morgan fingerprint density at radius 1 is 1.11 bits per heavy atom. The molecule has 2 aliphatic heterocycles. The summed E-state index contributed by atoms with van der Waals surface area (Å²) in [6.07, 6.45) is 0.940. The van der Waals surface area contributed by atoms with E-state index in [1.165, 1.54) is 16.2 Å². The van der Waals surface area contributed by atoms with Crippen LogP contribution in [0.5, 0.6) is 0 Å². The number of nitrogens with zero attached hydrogens (tertiary/aromatic N) is 4. The van der Waals surface area contributed by atoms with Crippen LogP contribution in [0.25, 0.3) is 32.2 Å². The Hall–Kier alpha value is -3.92. The lowest BCUT2D eigenvalue weighted by Gasteiger charge is -2.33. The first kappa shape index (κ1) is 21.6. The average molecular weight is 489 g/mol. The minimum absolute atomic E-state index is 0.0352. The number of fused-ring (bicyclic) bond motifs is 5. The molecule has 1 saturated heterocycles. The minimum Gasteiger partial charge on any atom is -0.465 e. The van der Waals surface area contributed by atoms with E-state index in [1.807, 2.05) is 43.5 Å². The lowest BCUT2D eigenvalue weighted by molar-refractivity contribution is 0.0949. The quantitative estimate of drug-likeness (QED) is 0.393. The fourth-order valence-corrected chi connectivity index (χ4v) is 5.84. The van der Waals surface area contributed by atoms with Crippen LogP contribution in [0, 0.1) is 0 Å². The number of carbonyl (C=O) groups is 2. The first-order valence-corrected chi connectivity index (χ1v) is 12.4. The van der Waals surface area contributed by atoms with Crippen LogP contribution >= 0.6 is 11.3 Å². The molecule has 0 aliphatic carbocycles. The van der Waals surface area contributed by atoms with E-state index in [-0.39, 0.29) is 11.9 Å². The topological polar surface area (TPSA) is 111 Å². The van der Waals surface area contributed by atoms with Crippen molar-refractivity contribution in [3.8, 4) is 11.3 Å². The van der Waals surface area contributed by atoms with Crippen molar-refractivity contribution in [1.82, 2.24) is 20.2 Å². The third-order valence-electron chi connectivity index (χ3n) is 6.61. The summed E-state index contributed by atoms with van der Waals surface area (Å²) >= 11 is 1.50. The van der Waals surface area contributed by atoms with Gasteiger partial charge < -0.3 is 25.5 Å². The van der Waals surface area contributed by atoms with Gasteiger partial charge in [-0.15, -0.1) is 11.3 Å². The molecule has 3 N–H and O–H groups in total. The predicted octanol–water partition coefficient (Wildman–Crippen LogP) is 3.86. The highest BCUT2D eigenvalue weighted by atomic mass is 32.1. The molecular weight excluding hydrogens is 464 g/mol. The number of hydrogen-bond acceptors (Lipinski definition) is 7. The Labute approximate surface area is 205 Å². The Balaban J connectivity index is 1.30. The van der Waals surface area contributed by atoms with Crippen LogP contribution in [0.3, 0.4) is 0 Å². The summed E-state index contributed by atoms with van der Waals surface area (Å²) in [6, 6.07) is 12.1. The number of rotatable bonds is 2. The summed E-state index contributed by atoms with van der Waals surface area (Å²) in [6.45, 7) is 4.86. The molecule has 1 atom stereocenters. The van der Waals surface area contributed by atoms with E-state index in [2.05, 4.69) is 26.6 Å². The number of anilines is 2. The van der Waals surface area contributed by atoms with Crippen molar-refractivity contribution in [2.24, 2.45) is 0 Å². The van der Waals surface area contributed by atoms with Gasteiger partial charge in [0.2, 0.25) is 0 Å². The van der Waals surface area contributed by atoms with Crippen molar-refractivity contribution >= 4 is 55.8 Å². The number of thiophene rings is 1. The van der Waals surface area contributed by atoms with Crippen molar-refractivity contribution < 1.29 is 14.7 Å². The maximum absolute atomic E-state index is 12.7. The zero-order valence-corrected chi connectivity index (χ0v) is 19.9. The van der Waals surface area contributed by atoms with E-state index in [0.717, 1.165) is 43.8 Å². The molecule has 35 heavy (non-hydrogen) atoms. The van der Waals surface area contributed by atoms with Gasteiger partial charge in [0, 0.05) is 66.0 Å². The number of nitrogens with one attached hydrogen (secondary N) is 2. The lowest BCUT2D eigenvalue weighted by Crippen LogP contribution is -2.48. The summed E-state index contributed by atoms with van der Waals surface area (Å²) in [5.74, 6) is 0.799. The first-order chi connectivity index (χ1) is 17.0. The van der Waals surface area contributed by atoms with Crippen molar-refractivity contribution in [3.05, 3.63) is 47.5 Å². The van der Waals surface area contributed by atoms with E-state index >= 15 is 0 Å². The molecule has 0 unspecified atom stereocenters. The Morgan fingerprint density at radius 3 is 2.69 bits per heavy atom. The van der Waals surface area contributed by atoms with Crippen molar-refractivity contribution in [1.29, 1.82) is 0 Å². The fraction of sp³-hybridized carbons (Fsp3) is 0.280. The third-order valence-corrected chi connectivity index (χ3v) is 7.76.